The zero-order valence-electron chi connectivity index (χ0n) is 7.70. The molecule has 0 N–H and O–H groups in total. The third-order valence-corrected chi connectivity index (χ3v) is 2.93. The maximum atomic E-state index is 13.1. The van der Waals surface area contributed by atoms with Crippen molar-refractivity contribution in [3.63, 3.8) is 0 Å². The van der Waals surface area contributed by atoms with Crippen LogP contribution in [0.2, 0.25) is 0 Å². The van der Waals surface area contributed by atoms with Gasteiger partial charge in [0, 0.05) is 17.6 Å². The fourth-order valence-electron chi connectivity index (χ4n) is 0.961. The van der Waals surface area contributed by atoms with Crippen LogP contribution in [0.1, 0.15) is 5.82 Å². The molecule has 0 bridgehead atoms. The highest BCUT2D eigenvalue weighted by atomic mass is 79.9. The van der Waals surface area contributed by atoms with Crippen molar-refractivity contribution < 1.29 is 9.13 Å². The highest BCUT2D eigenvalue weighted by Crippen LogP contribution is 2.26. The van der Waals surface area contributed by atoms with Crippen LogP contribution in [0.5, 0.6) is 10.9 Å². The van der Waals surface area contributed by atoms with Crippen molar-refractivity contribution in [3.8, 4) is 10.9 Å². The summed E-state index contributed by atoms with van der Waals surface area (Å²) in [6.07, 6.45) is 0. The first-order valence-corrected chi connectivity index (χ1v) is 5.65. The van der Waals surface area contributed by atoms with E-state index in [0.717, 1.165) is 11.5 Å². The summed E-state index contributed by atoms with van der Waals surface area (Å²) in [5, 5.41) is 0.411. The van der Waals surface area contributed by atoms with E-state index in [0.29, 0.717) is 21.2 Å². The molecule has 0 fully saturated rings. The molecule has 0 aliphatic rings. The van der Waals surface area contributed by atoms with E-state index in [1.165, 1.54) is 6.07 Å². The standard InChI is InChI=1S/C9H6BrFN2OS/c1-5-12-9(15-13-5)14-6-2-3-7(10)8(11)4-6/h2-4H,1H3. The van der Waals surface area contributed by atoms with Crippen LogP contribution in [0.25, 0.3) is 0 Å². The largest absolute Gasteiger partial charge is 0.430 e. The van der Waals surface area contributed by atoms with Gasteiger partial charge in [0.25, 0.3) is 5.19 Å². The summed E-state index contributed by atoms with van der Waals surface area (Å²) in [7, 11) is 0. The fraction of sp³-hybridized carbons (Fsp3) is 0.111. The van der Waals surface area contributed by atoms with Crippen molar-refractivity contribution in [2.75, 3.05) is 0 Å². The number of rotatable bonds is 2. The minimum Gasteiger partial charge on any atom is -0.430 e. The van der Waals surface area contributed by atoms with Gasteiger partial charge in [-0.2, -0.15) is 9.36 Å². The van der Waals surface area contributed by atoms with Crippen molar-refractivity contribution in [2.24, 2.45) is 0 Å². The number of ether oxygens (including phenoxy) is 1. The van der Waals surface area contributed by atoms with Gasteiger partial charge in [0.05, 0.1) is 4.47 Å². The number of halogens is 2. The molecule has 1 aromatic carbocycles. The Morgan fingerprint density at radius 3 is 2.87 bits per heavy atom. The first kappa shape index (κ1) is 10.5. The molecule has 0 saturated carbocycles. The Morgan fingerprint density at radius 1 is 1.47 bits per heavy atom. The quantitative estimate of drug-likeness (QED) is 0.848. The Kier molecular flexibility index (Phi) is 2.97. The second kappa shape index (κ2) is 4.24. The van der Waals surface area contributed by atoms with E-state index in [-0.39, 0.29) is 5.82 Å². The highest BCUT2D eigenvalue weighted by Gasteiger charge is 2.05. The van der Waals surface area contributed by atoms with Crippen LogP contribution in [0.4, 0.5) is 4.39 Å². The summed E-state index contributed by atoms with van der Waals surface area (Å²) in [6.45, 7) is 1.77. The molecule has 2 rings (SSSR count). The average molecular weight is 289 g/mol. The molecule has 78 valence electrons. The second-order valence-corrected chi connectivity index (χ2v) is 4.35. The summed E-state index contributed by atoms with van der Waals surface area (Å²) >= 11 is 4.20. The third-order valence-electron chi connectivity index (χ3n) is 1.61. The number of hydrogen-bond acceptors (Lipinski definition) is 4. The van der Waals surface area contributed by atoms with Crippen molar-refractivity contribution >= 4 is 27.5 Å². The maximum absolute atomic E-state index is 13.1. The summed E-state index contributed by atoms with van der Waals surface area (Å²) in [6, 6.07) is 4.53. The first-order chi connectivity index (χ1) is 7.15. The Bertz CT molecular complexity index is 489. The molecule has 1 heterocycles. The van der Waals surface area contributed by atoms with Gasteiger partial charge in [-0.25, -0.2) is 4.39 Å². The van der Waals surface area contributed by atoms with E-state index in [4.69, 9.17) is 4.74 Å². The van der Waals surface area contributed by atoms with Gasteiger partial charge in [-0.05, 0) is 35.0 Å². The number of hydrogen-bond donors (Lipinski definition) is 0. The molecule has 0 unspecified atom stereocenters. The maximum Gasteiger partial charge on any atom is 0.298 e. The zero-order chi connectivity index (χ0) is 10.8. The molecule has 0 aliphatic heterocycles. The normalized spacial score (nSPS) is 10.3. The van der Waals surface area contributed by atoms with E-state index in [1.54, 1.807) is 19.1 Å². The number of nitrogens with zero attached hydrogens (tertiary/aromatic N) is 2. The monoisotopic (exact) mass is 288 g/mol. The second-order valence-electron chi connectivity index (χ2n) is 2.79. The van der Waals surface area contributed by atoms with Gasteiger partial charge in [0.15, 0.2) is 0 Å². The van der Waals surface area contributed by atoms with Crippen LogP contribution in [0.3, 0.4) is 0 Å². The van der Waals surface area contributed by atoms with E-state index < -0.39 is 0 Å². The van der Waals surface area contributed by atoms with Gasteiger partial charge >= 0.3 is 0 Å². The Hall–Kier alpha value is -1.01. The molecular weight excluding hydrogens is 283 g/mol. The van der Waals surface area contributed by atoms with Gasteiger partial charge in [0.2, 0.25) is 0 Å². The molecular formula is C9H6BrFN2OS. The number of benzene rings is 1. The molecule has 15 heavy (non-hydrogen) atoms. The number of aryl methyl sites for hydroxylation is 1. The van der Waals surface area contributed by atoms with E-state index in [1.807, 2.05) is 0 Å². The zero-order valence-corrected chi connectivity index (χ0v) is 10.1. The average Bonchev–Trinajstić information content (AvgIpc) is 2.58. The third kappa shape index (κ3) is 2.51. The molecule has 0 radical (unpaired) electrons. The fourth-order valence-corrected chi connectivity index (χ4v) is 1.76. The van der Waals surface area contributed by atoms with E-state index in [2.05, 4.69) is 25.3 Å². The minimum atomic E-state index is -0.367. The predicted molar refractivity (Wildman–Crippen MR) is 58.8 cm³/mol. The van der Waals surface area contributed by atoms with Gasteiger partial charge in [0.1, 0.15) is 17.4 Å². The lowest BCUT2D eigenvalue weighted by molar-refractivity contribution is 0.472. The topological polar surface area (TPSA) is 35.0 Å². The molecule has 2 aromatic rings. The predicted octanol–water partition coefficient (Wildman–Crippen LogP) is 3.54. The molecule has 0 aliphatic carbocycles. The van der Waals surface area contributed by atoms with Gasteiger partial charge in [-0.15, -0.1) is 0 Å². The summed E-state index contributed by atoms with van der Waals surface area (Å²) < 4.78 is 22.8. The Balaban J connectivity index is 2.21. The van der Waals surface area contributed by atoms with Gasteiger partial charge in [-0.1, -0.05) is 0 Å². The van der Waals surface area contributed by atoms with Crippen LogP contribution in [0.15, 0.2) is 22.7 Å². The van der Waals surface area contributed by atoms with Crippen molar-refractivity contribution in [1.29, 1.82) is 0 Å². The van der Waals surface area contributed by atoms with Crippen LogP contribution in [-0.2, 0) is 0 Å². The molecule has 0 spiro atoms. The van der Waals surface area contributed by atoms with Crippen LogP contribution < -0.4 is 4.74 Å². The molecule has 0 atom stereocenters. The number of aromatic nitrogens is 2. The van der Waals surface area contributed by atoms with Crippen LogP contribution >= 0.6 is 27.5 Å². The van der Waals surface area contributed by atoms with Gasteiger partial charge < -0.3 is 4.74 Å². The molecule has 3 nitrogen and oxygen atoms in total. The Morgan fingerprint density at radius 2 is 2.27 bits per heavy atom. The molecule has 0 saturated heterocycles. The van der Waals surface area contributed by atoms with Crippen molar-refractivity contribution in [2.45, 2.75) is 6.92 Å². The Labute approximate surface area is 98.2 Å². The smallest absolute Gasteiger partial charge is 0.298 e. The molecule has 0 amide bonds. The van der Waals surface area contributed by atoms with E-state index in [9.17, 15) is 4.39 Å². The minimum absolute atomic E-state index is 0.367. The lowest BCUT2D eigenvalue weighted by atomic mass is 10.3. The van der Waals surface area contributed by atoms with Crippen LogP contribution in [0, 0.1) is 12.7 Å². The lowest BCUT2D eigenvalue weighted by Gasteiger charge is -2.01. The van der Waals surface area contributed by atoms with Crippen molar-refractivity contribution in [3.05, 3.63) is 34.3 Å². The SMILES string of the molecule is Cc1nsc(Oc2ccc(Br)c(F)c2)n1. The highest BCUT2D eigenvalue weighted by molar-refractivity contribution is 9.10. The first-order valence-electron chi connectivity index (χ1n) is 4.08. The summed E-state index contributed by atoms with van der Waals surface area (Å²) in [5.74, 6) is 0.688. The van der Waals surface area contributed by atoms with Gasteiger partial charge in [-0.3, -0.25) is 0 Å². The summed E-state index contributed by atoms with van der Waals surface area (Å²) in [4.78, 5) is 4.01. The van der Waals surface area contributed by atoms with Crippen molar-refractivity contribution in [1.82, 2.24) is 9.36 Å². The van der Waals surface area contributed by atoms with E-state index >= 15 is 0 Å². The van der Waals surface area contributed by atoms with Crippen LogP contribution in [-0.4, -0.2) is 9.36 Å². The summed E-state index contributed by atoms with van der Waals surface area (Å²) in [5.41, 5.74) is 0. The molecule has 6 heteroatoms. The molecule has 1 aromatic heterocycles. The lowest BCUT2D eigenvalue weighted by Crippen LogP contribution is -1.85.